The van der Waals surface area contributed by atoms with Crippen LogP contribution in [-0.2, 0) is 0 Å². The standard InChI is InChI=1S/C49H30N4/c1-4-15-31(16-5-1)34-29-41(32-17-6-2-7-18-32)46-40-24-14-23-37-39(28-27-38(45(37)40)42(46)30-34)48-50-47(33-19-8-3-9-20-33)51-49(52-48)53-43-25-12-10-21-35(43)36-22-11-13-26-44(36)53/h1-30H. The van der Waals surface area contributed by atoms with Crippen LogP contribution in [0.3, 0.4) is 0 Å². The van der Waals surface area contributed by atoms with Crippen LogP contribution in [0.25, 0.3) is 106 Å². The fourth-order valence-corrected chi connectivity index (χ4v) is 8.26. The number of nitrogens with zero attached hydrogens (tertiary/aromatic N) is 4. The molecule has 0 bridgehead atoms. The number of para-hydroxylation sites is 2. The summed E-state index contributed by atoms with van der Waals surface area (Å²) in [5.41, 5.74) is 13.8. The third-order valence-corrected chi connectivity index (χ3v) is 10.6. The summed E-state index contributed by atoms with van der Waals surface area (Å²) in [4.78, 5) is 15.7. The molecule has 0 fully saturated rings. The van der Waals surface area contributed by atoms with Gasteiger partial charge in [0.1, 0.15) is 0 Å². The van der Waals surface area contributed by atoms with Crippen molar-refractivity contribution in [1.82, 2.24) is 19.5 Å². The van der Waals surface area contributed by atoms with Gasteiger partial charge in [0.2, 0.25) is 5.95 Å². The lowest BCUT2D eigenvalue weighted by atomic mass is 9.89. The van der Waals surface area contributed by atoms with E-state index >= 15 is 0 Å². The smallest absolute Gasteiger partial charge is 0.238 e. The maximum Gasteiger partial charge on any atom is 0.238 e. The molecule has 2 heterocycles. The van der Waals surface area contributed by atoms with Crippen LogP contribution in [0, 0.1) is 0 Å². The minimum Gasteiger partial charge on any atom is -0.278 e. The molecule has 8 aromatic carbocycles. The molecular weight excluding hydrogens is 645 g/mol. The highest BCUT2D eigenvalue weighted by atomic mass is 15.2. The van der Waals surface area contributed by atoms with E-state index in [4.69, 9.17) is 15.0 Å². The van der Waals surface area contributed by atoms with Crippen molar-refractivity contribution in [2.75, 3.05) is 0 Å². The van der Waals surface area contributed by atoms with Gasteiger partial charge in [-0.3, -0.25) is 4.57 Å². The van der Waals surface area contributed by atoms with Gasteiger partial charge in [-0.05, 0) is 85.6 Å². The SMILES string of the molecule is c1ccc(-c2cc(-c3ccccc3)c3c(c2)-c2ccc(-c4nc(-c5ccccc5)nc(-n5c6ccccc6c6ccccc65)n4)c4cccc-3c24)cc1. The topological polar surface area (TPSA) is 43.6 Å². The fraction of sp³-hybridized carbons (Fsp3) is 0. The zero-order chi connectivity index (χ0) is 34.9. The van der Waals surface area contributed by atoms with E-state index in [0.29, 0.717) is 17.6 Å². The highest BCUT2D eigenvalue weighted by Gasteiger charge is 2.28. The molecule has 10 aromatic rings. The summed E-state index contributed by atoms with van der Waals surface area (Å²) in [7, 11) is 0. The number of aromatic nitrogens is 4. The molecule has 1 aliphatic rings. The molecule has 246 valence electrons. The molecule has 0 spiro atoms. The summed E-state index contributed by atoms with van der Waals surface area (Å²) in [6, 6.07) is 64.4. The number of rotatable bonds is 5. The van der Waals surface area contributed by atoms with Crippen molar-refractivity contribution < 1.29 is 0 Å². The Bertz CT molecular complexity index is 2980. The average Bonchev–Trinajstić information content (AvgIpc) is 3.75. The van der Waals surface area contributed by atoms with E-state index in [2.05, 4.69) is 168 Å². The van der Waals surface area contributed by atoms with Crippen LogP contribution in [-0.4, -0.2) is 19.5 Å². The zero-order valence-electron chi connectivity index (χ0n) is 28.6. The molecule has 0 atom stereocenters. The number of benzene rings is 8. The normalized spacial score (nSPS) is 11.8. The fourth-order valence-electron chi connectivity index (χ4n) is 8.26. The van der Waals surface area contributed by atoms with Crippen molar-refractivity contribution in [3.63, 3.8) is 0 Å². The Labute approximate surface area is 306 Å². The van der Waals surface area contributed by atoms with Crippen LogP contribution in [0.15, 0.2) is 182 Å². The second-order valence-electron chi connectivity index (χ2n) is 13.6. The molecule has 53 heavy (non-hydrogen) atoms. The summed E-state index contributed by atoms with van der Waals surface area (Å²) in [6.45, 7) is 0. The first-order valence-corrected chi connectivity index (χ1v) is 18.0. The molecule has 1 aliphatic carbocycles. The molecule has 2 aromatic heterocycles. The van der Waals surface area contributed by atoms with Gasteiger partial charge >= 0.3 is 0 Å². The molecule has 0 saturated heterocycles. The van der Waals surface area contributed by atoms with Gasteiger partial charge in [0.05, 0.1) is 11.0 Å². The lowest BCUT2D eigenvalue weighted by molar-refractivity contribution is 0.954. The molecule has 0 saturated carbocycles. The van der Waals surface area contributed by atoms with Gasteiger partial charge in [0.25, 0.3) is 0 Å². The van der Waals surface area contributed by atoms with Gasteiger partial charge in [-0.1, -0.05) is 152 Å². The van der Waals surface area contributed by atoms with E-state index in [1.807, 2.05) is 18.2 Å². The van der Waals surface area contributed by atoms with Gasteiger partial charge in [-0.15, -0.1) is 0 Å². The summed E-state index contributed by atoms with van der Waals surface area (Å²) < 4.78 is 2.18. The van der Waals surface area contributed by atoms with Crippen molar-refractivity contribution >= 4 is 32.6 Å². The summed E-state index contributed by atoms with van der Waals surface area (Å²) in [6.07, 6.45) is 0. The monoisotopic (exact) mass is 674 g/mol. The summed E-state index contributed by atoms with van der Waals surface area (Å²) in [5.74, 6) is 1.87. The van der Waals surface area contributed by atoms with E-state index in [0.717, 1.165) is 27.5 Å². The van der Waals surface area contributed by atoms with Crippen molar-refractivity contribution in [1.29, 1.82) is 0 Å². The molecule has 0 amide bonds. The maximum absolute atomic E-state index is 5.31. The van der Waals surface area contributed by atoms with Crippen LogP contribution in [0.4, 0.5) is 0 Å². The Morgan fingerprint density at radius 2 is 0.868 bits per heavy atom. The first kappa shape index (κ1) is 29.5. The largest absolute Gasteiger partial charge is 0.278 e. The van der Waals surface area contributed by atoms with Crippen LogP contribution < -0.4 is 0 Å². The first-order valence-electron chi connectivity index (χ1n) is 18.0. The molecular formula is C49H30N4. The van der Waals surface area contributed by atoms with Gasteiger partial charge in [0, 0.05) is 21.9 Å². The second kappa shape index (κ2) is 11.7. The minimum absolute atomic E-state index is 0.594. The van der Waals surface area contributed by atoms with Crippen LogP contribution in [0.5, 0.6) is 0 Å². The van der Waals surface area contributed by atoms with Crippen LogP contribution in [0.2, 0.25) is 0 Å². The highest BCUT2D eigenvalue weighted by molar-refractivity contribution is 6.21. The lowest BCUT2D eigenvalue weighted by Gasteiger charge is -2.14. The summed E-state index contributed by atoms with van der Waals surface area (Å²) >= 11 is 0. The number of hydrogen-bond acceptors (Lipinski definition) is 3. The second-order valence-corrected chi connectivity index (χ2v) is 13.6. The van der Waals surface area contributed by atoms with Crippen molar-refractivity contribution in [3.8, 4) is 73.2 Å². The van der Waals surface area contributed by atoms with Gasteiger partial charge in [0.15, 0.2) is 11.6 Å². The Balaban J connectivity index is 1.18. The lowest BCUT2D eigenvalue weighted by Crippen LogP contribution is -2.06. The van der Waals surface area contributed by atoms with Crippen molar-refractivity contribution in [3.05, 3.63) is 182 Å². The highest BCUT2D eigenvalue weighted by Crippen LogP contribution is 2.53. The molecule has 4 nitrogen and oxygen atoms in total. The maximum atomic E-state index is 5.31. The Morgan fingerprint density at radius 3 is 1.57 bits per heavy atom. The van der Waals surface area contributed by atoms with E-state index in [9.17, 15) is 0 Å². The third-order valence-electron chi connectivity index (χ3n) is 10.6. The number of fused-ring (bicyclic) bond motifs is 6. The average molecular weight is 675 g/mol. The zero-order valence-corrected chi connectivity index (χ0v) is 28.6. The van der Waals surface area contributed by atoms with Crippen molar-refractivity contribution in [2.24, 2.45) is 0 Å². The minimum atomic E-state index is 0.594. The Morgan fingerprint density at radius 1 is 0.321 bits per heavy atom. The molecule has 0 radical (unpaired) electrons. The predicted molar refractivity (Wildman–Crippen MR) is 218 cm³/mol. The van der Waals surface area contributed by atoms with Crippen molar-refractivity contribution in [2.45, 2.75) is 0 Å². The van der Waals surface area contributed by atoms with E-state index in [1.54, 1.807) is 0 Å². The van der Waals surface area contributed by atoms with E-state index in [1.165, 1.54) is 60.7 Å². The van der Waals surface area contributed by atoms with E-state index < -0.39 is 0 Å². The van der Waals surface area contributed by atoms with Crippen LogP contribution in [0.1, 0.15) is 0 Å². The predicted octanol–water partition coefficient (Wildman–Crippen LogP) is 12.4. The van der Waals surface area contributed by atoms with Gasteiger partial charge < -0.3 is 0 Å². The van der Waals surface area contributed by atoms with Gasteiger partial charge in [-0.25, -0.2) is 4.98 Å². The molecule has 0 unspecified atom stereocenters. The first-order chi connectivity index (χ1) is 26.3. The Kier molecular flexibility index (Phi) is 6.52. The molecule has 11 rings (SSSR count). The quantitative estimate of drug-likeness (QED) is 0.182. The molecule has 0 aliphatic heterocycles. The summed E-state index contributed by atoms with van der Waals surface area (Å²) in [5, 5.41) is 4.68. The molecule has 0 N–H and O–H groups in total. The van der Waals surface area contributed by atoms with E-state index in [-0.39, 0.29) is 0 Å². The Hall–Kier alpha value is -7.17. The molecule has 4 heteroatoms. The van der Waals surface area contributed by atoms with Crippen LogP contribution >= 0.6 is 0 Å². The third kappa shape index (κ3) is 4.59. The number of hydrogen-bond donors (Lipinski definition) is 0. The van der Waals surface area contributed by atoms with Gasteiger partial charge in [-0.2, -0.15) is 9.97 Å².